The molecule has 2 aromatic carbocycles. The van der Waals surface area contributed by atoms with Crippen LogP contribution in [0, 0.1) is 0 Å². The van der Waals surface area contributed by atoms with Crippen LogP contribution in [0.5, 0.6) is 5.75 Å². The molecule has 2 aliphatic rings. The Labute approximate surface area is 164 Å². The molecule has 1 saturated heterocycles. The fraction of sp³-hybridized carbons (Fsp3) is 0.400. The third-order valence-electron chi connectivity index (χ3n) is 4.99. The first kappa shape index (κ1) is 18.1. The van der Waals surface area contributed by atoms with Crippen LogP contribution in [0.4, 0.5) is 0 Å². The van der Waals surface area contributed by atoms with E-state index in [0.717, 1.165) is 37.5 Å². The SMILES string of the molecule is Clc1ccc(CO[C@H]2COc3ccccc3[C@@H]2N2CCNCC2)cc1Cl. The Morgan fingerprint density at radius 1 is 1.08 bits per heavy atom. The number of nitrogens with one attached hydrogen (secondary N) is 1. The zero-order valence-corrected chi connectivity index (χ0v) is 16.0. The molecule has 4 nitrogen and oxygen atoms in total. The van der Waals surface area contributed by atoms with Crippen molar-refractivity contribution < 1.29 is 9.47 Å². The van der Waals surface area contributed by atoms with Gasteiger partial charge < -0.3 is 14.8 Å². The number of hydrogen-bond acceptors (Lipinski definition) is 4. The summed E-state index contributed by atoms with van der Waals surface area (Å²) >= 11 is 12.1. The van der Waals surface area contributed by atoms with Crippen molar-refractivity contribution in [2.24, 2.45) is 0 Å². The summed E-state index contributed by atoms with van der Waals surface area (Å²) in [5, 5.41) is 4.53. The summed E-state index contributed by atoms with van der Waals surface area (Å²) in [7, 11) is 0. The first-order valence-corrected chi connectivity index (χ1v) is 9.70. The molecule has 138 valence electrons. The number of rotatable bonds is 4. The Balaban J connectivity index is 1.54. The van der Waals surface area contributed by atoms with Crippen LogP contribution >= 0.6 is 23.2 Å². The molecule has 6 heteroatoms. The maximum absolute atomic E-state index is 6.30. The van der Waals surface area contributed by atoms with Gasteiger partial charge in [-0.15, -0.1) is 0 Å². The zero-order chi connectivity index (χ0) is 17.9. The minimum Gasteiger partial charge on any atom is -0.490 e. The van der Waals surface area contributed by atoms with Gasteiger partial charge in [0.05, 0.1) is 22.7 Å². The summed E-state index contributed by atoms with van der Waals surface area (Å²) in [6.07, 6.45) is -0.0301. The van der Waals surface area contributed by atoms with E-state index in [9.17, 15) is 0 Å². The highest BCUT2D eigenvalue weighted by Gasteiger charge is 2.36. The maximum atomic E-state index is 6.30. The molecule has 1 fully saturated rings. The largest absolute Gasteiger partial charge is 0.490 e. The molecule has 0 bridgehead atoms. The van der Waals surface area contributed by atoms with E-state index in [-0.39, 0.29) is 12.1 Å². The Morgan fingerprint density at radius 3 is 2.69 bits per heavy atom. The molecule has 0 aromatic heterocycles. The fourth-order valence-corrected chi connectivity index (χ4v) is 4.00. The lowest BCUT2D eigenvalue weighted by Gasteiger charge is -2.42. The highest BCUT2D eigenvalue weighted by Crippen LogP contribution is 2.38. The quantitative estimate of drug-likeness (QED) is 0.854. The Kier molecular flexibility index (Phi) is 5.67. The number of halogens is 2. The molecular weight excluding hydrogens is 371 g/mol. The van der Waals surface area contributed by atoms with Gasteiger partial charge in [0.1, 0.15) is 18.5 Å². The summed E-state index contributed by atoms with van der Waals surface area (Å²) in [5.74, 6) is 0.963. The number of benzene rings is 2. The molecule has 26 heavy (non-hydrogen) atoms. The Bertz CT molecular complexity index is 765. The number of para-hydroxylation sites is 1. The summed E-state index contributed by atoms with van der Waals surface area (Å²) in [6.45, 7) is 5.04. The topological polar surface area (TPSA) is 33.7 Å². The standard InChI is InChI=1S/C20H22Cl2N2O2/c21-16-6-5-14(11-17(16)22)12-25-19-13-26-18-4-2-1-3-15(18)20(19)24-9-7-23-8-10-24/h1-6,11,19-20,23H,7-10,12-13H2/t19-,20-/m0/s1. The van der Waals surface area contributed by atoms with Crippen LogP contribution in [0.1, 0.15) is 17.2 Å². The number of piperazine rings is 1. The highest BCUT2D eigenvalue weighted by atomic mass is 35.5. The molecular formula is C20H22Cl2N2O2. The molecule has 0 saturated carbocycles. The van der Waals surface area contributed by atoms with Crippen LogP contribution in [0.15, 0.2) is 42.5 Å². The molecule has 2 atom stereocenters. The summed E-state index contributed by atoms with van der Waals surface area (Å²) < 4.78 is 12.3. The number of ether oxygens (including phenoxy) is 2. The second-order valence-corrected chi connectivity index (χ2v) is 7.49. The first-order valence-electron chi connectivity index (χ1n) is 8.94. The smallest absolute Gasteiger partial charge is 0.124 e. The van der Waals surface area contributed by atoms with Gasteiger partial charge in [0.25, 0.3) is 0 Å². The summed E-state index contributed by atoms with van der Waals surface area (Å²) in [6, 6.07) is 14.1. The van der Waals surface area contributed by atoms with Gasteiger partial charge in [-0.3, -0.25) is 4.90 Å². The minimum absolute atomic E-state index is 0.0301. The molecule has 2 aromatic rings. The number of fused-ring (bicyclic) bond motifs is 1. The molecule has 2 heterocycles. The van der Waals surface area contributed by atoms with Crippen LogP contribution in [0.2, 0.25) is 10.0 Å². The van der Waals surface area contributed by atoms with Crippen LogP contribution < -0.4 is 10.1 Å². The van der Waals surface area contributed by atoms with Crippen molar-refractivity contribution in [3.05, 3.63) is 63.6 Å². The molecule has 0 unspecified atom stereocenters. The van der Waals surface area contributed by atoms with Gasteiger partial charge in [0.15, 0.2) is 0 Å². The van der Waals surface area contributed by atoms with E-state index in [1.807, 2.05) is 30.3 Å². The summed E-state index contributed by atoms with van der Waals surface area (Å²) in [4.78, 5) is 2.50. The van der Waals surface area contributed by atoms with Crippen LogP contribution in [0.25, 0.3) is 0 Å². The van der Waals surface area contributed by atoms with Crippen molar-refractivity contribution in [1.29, 1.82) is 0 Å². The van der Waals surface area contributed by atoms with Crippen molar-refractivity contribution in [2.45, 2.75) is 18.8 Å². The predicted octanol–water partition coefficient (Wildman–Crippen LogP) is 3.92. The van der Waals surface area contributed by atoms with Crippen molar-refractivity contribution in [2.75, 3.05) is 32.8 Å². The molecule has 4 rings (SSSR count). The number of nitrogens with zero attached hydrogens (tertiary/aromatic N) is 1. The molecule has 1 N–H and O–H groups in total. The average molecular weight is 393 g/mol. The fourth-order valence-electron chi connectivity index (χ4n) is 3.68. The van der Waals surface area contributed by atoms with E-state index in [0.29, 0.717) is 23.3 Å². The molecule has 2 aliphatic heterocycles. The Hall–Kier alpha value is -1.30. The first-order chi connectivity index (χ1) is 12.7. The lowest BCUT2D eigenvalue weighted by molar-refractivity contribution is -0.0617. The minimum atomic E-state index is -0.0301. The van der Waals surface area contributed by atoms with Gasteiger partial charge >= 0.3 is 0 Å². The third-order valence-corrected chi connectivity index (χ3v) is 5.73. The van der Waals surface area contributed by atoms with Gasteiger partial charge in [0.2, 0.25) is 0 Å². The predicted molar refractivity (Wildman–Crippen MR) is 104 cm³/mol. The molecule has 0 radical (unpaired) electrons. The zero-order valence-electron chi connectivity index (χ0n) is 14.5. The van der Waals surface area contributed by atoms with Crippen LogP contribution in [-0.2, 0) is 11.3 Å². The molecule has 0 aliphatic carbocycles. The van der Waals surface area contributed by atoms with E-state index in [1.165, 1.54) is 5.56 Å². The van der Waals surface area contributed by atoms with Gasteiger partial charge in [-0.25, -0.2) is 0 Å². The lowest BCUT2D eigenvalue weighted by atomic mass is 9.95. The monoisotopic (exact) mass is 392 g/mol. The van der Waals surface area contributed by atoms with Crippen LogP contribution in [0.3, 0.4) is 0 Å². The van der Waals surface area contributed by atoms with Crippen molar-refractivity contribution in [3.8, 4) is 5.75 Å². The highest BCUT2D eigenvalue weighted by molar-refractivity contribution is 6.42. The van der Waals surface area contributed by atoms with Crippen LogP contribution in [-0.4, -0.2) is 43.8 Å². The number of hydrogen-bond donors (Lipinski definition) is 1. The molecule has 0 amide bonds. The third kappa shape index (κ3) is 3.85. The van der Waals surface area contributed by atoms with E-state index in [1.54, 1.807) is 0 Å². The van der Waals surface area contributed by atoms with Crippen molar-refractivity contribution in [1.82, 2.24) is 10.2 Å². The van der Waals surface area contributed by atoms with Gasteiger partial charge in [0, 0.05) is 31.7 Å². The van der Waals surface area contributed by atoms with Crippen molar-refractivity contribution >= 4 is 23.2 Å². The van der Waals surface area contributed by atoms with E-state index in [4.69, 9.17) is 32.7 Å². The normalized spacial score (nSPS) is 23.3. The van der Waals surface area contributed by atoms with E-state index in [2.05, 4.69) is 22.3 Å². The summed E-state index contributed by atoms with van der Waals surface area (Å²) in [5.41, 5.74) is 2.22. The van der Waals surface area contributed by atoms with Gasteiger partial charge in [-0.2, -0.15) is 0 Å². The van der Waals surface area contributed by atoms with E-state index >= 15 is 0 Å². The molecule has 0 spiro atoms. The average Bonchev–Trinajstić information content (AvgIpc) is 2.69. The second kappa shape index (κ2) is 8.15. The van der Waals surface area contributed by atoms with Gasteiger partial charge in [-0.05, 0) is 23.8 Å². The van der Waals surface area contributed by atoms with Crippen molar-refractivity contribution in [3.63, 3.8) is 0 Å². The van der Waals surface area contributed by atoms with Gasteiger partial charge in [-0.1, -0.05) is 47.5 Å². The second-order valence-electron chi connectivity index (χ2n) is 6.68. The van der Waals surface area contributed by atoms with E-state index < -0.39 is 0 Å². The maximum Gasteiger partial charge on any atom is 0.124 e. The lowest BCUT2D eigenvalue weighted by Crippen LogP contribution is -2.51. The Morgan fingerprint density at radius 2 is 1.88 bits per heavy atom.